The molecule has 0 aromatic heterocycles. The molecule has 1 aliphatic rings. The standard InChI is InChI=1S/C23H49BO4Si2/c1-19(2)26-29(10,11)18-20(24-27-22(6,7)23(8,9)28-24)16-14-15-17-25-30(12,13)21(3,4)5/h18-19H,14-17H2,1-13H3/b20-18-. The molecule has 7 heteroatoms. The van der Waals surface area contributed by atoms with Crippen molar-refractivity contribution in [2.24, 2.45) is 0 Å². The van der Waals surface area contributed by atoms with Crippen molar-refractivity contribution < 1.29 is 18.2 Å². The molecule has 1 rings (SSSR count). The summed E-state index contributed by atoms with van der Waals surface area (Å²) in [5.41, 5.74) is 2.93. The maximum absolute atomic E-state index is 6.38. The molecule has 1 saturated heterocycles. The molecule has 0 aliphatic carbocycles. The Balaban J connectivity index is 2.84. The van der Waals surface area contributed by atoms with Crippen molar-refractivity contribution >= 4 is 23.8 Å². The highest BCUT2D eigenvalue weighted by atomic mass is 28.4. The zero-order valence-corrected chi connectivity index (χ0v) is 24.2. The summed E-state index contributed by atoms with van der Waals surface area (Å²) < 4.78 is 25.4. The Morgan fingerprint density at radius 3 is 1.90 bits per heavy atom. The SMILES string of the molecule is CC(C)O[Si](C)(C)/C=C(/CCCCO[Si](C)(C)C(C)(C)C)B1OC(C)(C)C(C)(C)O1. The van der Waals surface area contributed by atoms with Gasteiger partial charge in [-0.1, -0.05) is 26.5 Å². The van der Waals surface area contributed by atoms with Crippen LogP contribution in [0.25, 0.3) is 0 Å². The number of hydrogen-bond acceptors (Lipinski definition) is 4. The smallest absolute Gasteiger partial charge is 0.417 e. The van der Waals surface area contributed by atoms with Gasteiger partial charge in [0.2, 0.25) is 8.32 Å². The van der Waals surface area contributed by atoms with Crippen molar-refractivity contribution in [2.45, 2.75) is 130 Å². The molecule has 176 valence electrons. The van der Waals surface area contributed by atoms with Gasteiger partial charge in [0.25, 0.3) is 0 Å². The lowest BCUT2D eigenvalue weighted by Gasteiger charge is -2.36. The fourth-order valence-electron chi connectivity index (χ4n) is 3.32. The van der Waals surface area contributed by atoms with Gasteiger partial charge in [0.15, 0.2) is 8.32 Å². The predicted molar refractivity (Wildman–Crippen MR) is 135 cm³/mol. The zero-order chi connectivity index (χ0) is 23.6. The first-order valence-electron chi connectivity index (χ1n) is 11.7. The van der Waals surface area contributed by atoms with Crippen molar-refractivity contribution in [2.75, 3.05) is 6.61 Å². The quantitative estimate of drug-likeness (QED) is 0.264. The molecule has 0 aromatic rings. The topological polar surface area (TPSA) is 36.9 Å². The Hall–Kier alpha value is 0.0787. The Morgan fingerprint density at radius 1 is 0.967 bits per heavy atom. The Morgan fingerprint density at radius 2 is 1.47 bits per heavy atom. The van der Waals surface area contributed by atoms with Crippen LogP contribution < -0.4 is 0 Å². The third-order valence-corrected chi connectivity index (χ3v) is 13.4. The zero-order valence-electron chi connectivity index (χ0n) is 22.2. The van der Waals surface area contributed by atoms with Crippen LogP contribution >= 0.6 is 0 Å². The van der Waals surface area contributed by atoms with Gasteiger partial charge in [-0.3, -0.25) is 0 Å². The molecule has 1 fully saturated rings. The summed E-state index contributed by atoms with van der Waals surface area (Å²) in [6.07, 6.45) is 3.29. The molecular formula is C23H49BO4Si2. The van der Waals surface area contributed by atoms with E-state index in [9.17, 15) is 0 Å². The van der Waals surface area contributed by atoms with Gasteiger partial charge < -0.3 is 18.2 Å². The largest absolute Gasteiger partial charge is 0.489 e. The van der Waals surface area contributed by atoms with Crippen LogP contribution in [0.4, 0.5) is 0 Å². The number of rotatable bonds is 10. The lowest BCUT2D eigenvalue weighted by molar-refractivity contribution is 0.00578. The van der Waals surface area contributed by atoms with E-state index in [2.05, 4.69) is 94.2 Å². The minimum atomic E-state index is -1.96. The van der Waals surface area contributed by atoms with E-state index in [1.165, 1.54) is 5.47 Å². The number of allylic oxidation sites excluding steroid dienone is 1. The van der Waals surface area contributed by atoms with E-state index >= 15 is 0 Å². The molecule has 30 heavy (non-hydrogen) atoms. The van der Waals surface area contributed by atoms with Gasteiger partial charge >= 0.3 is 7.12 Å². The average Bonchev–Trinajstić information content (AvgIpc) is 2.71. The summed E-state index contributed by atoms with van der Waals surface area (Å²) >= 11 is 0. The molecular weight excluding hydrogens is 407 g/mol. The van der Waals surface area contributed by atoms with Crippen LogP contribution in [0.2, 0.25) is 31.2 Å². The molecule has 0 bridgehead atoms. The molecule has 1 aliphatic heterocycles. The second-order valence-electron chi connectivity index (χ2n) is 12.1. The molecule has 0 N–H and O–H groups in total. The number of unbranched alkanes of at least 4 members (excludes halogenated alkanes) is 1. The van der Waals surface area contributed by atoms with Gasteiger partial charge in [-0.05, 0) is 97.5 Å². The van der Waals surface area contributed by atoms with Crippen molar-refractivity contribution in [1.82, 2.24) is 0 Å². The van der Waals surface area contributed by atoms with Gasteiger partial charge in [-0.2, -0.15) is 0 Å². The first kappa shape index (κ1) is 28.1. The highest BCUT2D eigenvalue weighted by molar-refractivity contribution is 6.78. The number of hydrogen-bond donors (Lipinski definition) is 0. The van der Waals surface area contributed by atoms with Gasteiger partial charge in [-0.25, -0.2) is 0 Å². The van der Waals surface area contributed by atoms with Crippen molar-refractivity contribution in [3.8, 4) is 0 Å². The van der Waals surface area contributed by atoms with E-state index < -0.39 is 16.6 Å². The monoisotopic (exact) mass is 456 g/mol. The Kier molecular flexibility index (Phi) is 9.29. The van der Waals surface area contributed by atoms with Gasteiger partial charge in [0.05, 0.1) is 11.2 Å². The highest BCUT2D eigenvalue weighted by Gasteiger charge is 2.52. The molecule has 0 atom stereocenters. The van der Waals surface area contributed by atoms with Crippen LogP contribution in [-0.4, -0.2) is 47.7 Å². The molecule has 4 nitrogen and oxygen atoms in total. The molecule has 0 amide bonds. The van der Waals surface area contributed by atoms with Crippen LogP contribution in [-0.2, 0) is 18.2 Å². The minimum Gasteiger partial charge on any atom is -0.417 e. The maximum atomic E-state index is 6.38. The van der Waals surface area contributed by atoms with E-state index in [0.29, 0.717) is 0 Å². The van der Waals surface area contributed by atoms with Gasteiger partial charge in [0.1, 0.15) is 0 Å². The summed E-state index contributed by atoms with van der Waals surface area (Å²) in [6, 6.07) is 0. The van der Waals surface area contributed by atoms with Gasteiger partial charge in [-0.15, -0.1) is 0 Å². The molecule has 0 radical (unpaired) electrons. The second-order valence-corrected chi connectivity index (χ2v) is 20.7. The average molecular weight is 457 g/mol. The van der Waals surface area contributed by atoms with E-state index in [1.807, 2.05) is 0 Å². The summed E-state index contributed by atoms with van der Waals surface area (Å²) in [5.74, 6) is 0. The summed E-state index contributed by atoms with van der Waals surface area (Å²) in [6.45, 7) is 29.5. The summed E-state index contributed by atoms with van der Waals surface area (Å²) in [5, 5.41) is 0.255. The lowest BCUT2D eigenvalue weighted by Crippen LogP contribution is -2.41. The summed E-state index contributed by atoms with van der Waals surface area (Å²) in [7, 11) is -3.93. The Labute approximate surface area is 189 Å². The van der Waals surface area contributed by atoms with Crippen molar-refractivity contribution in [3.63, 3.8) is 0 Å². The molecule has 0 spiro atoms. The van der Waals surface area contributed by atoms with Crippen molar-refractivity contribution in [3.05, 3.63) is 11.2 Å². The first-order chi connectivity index (χ1) is 13.3. The van der Waals surface area contributed by atoms with Crippen LogP contribution in [0.1, 0.15) is 81.6 Å². The second kappa shape index (κ2) is 9.92. The Bertz CT molecular complexity index is 577. The molecule has 1 heterocycles. The first-order valence-corrected chi connectivity index (χ1v) is 17.6. The van der Waals surface area contributed by atoms with Crippen molar-refractivity contribution in [1.29, 1.82) is 0 Å². The third-order valence-electron chi connectivity index (χ3n) is 6.76. The van der Waals surface area contributed by atoms with Gasteiger partial charge in [0, 0.05) is 12.7 Å². The molecule has 0 saturated carbocycles. The van der Waals surface area contributed by atoms with E-state index in [1.54, 1.807) is 0 Å². The van der Waals surface area contributed by atoms with Crippen LogP contribution in [0.5, 0.6) is 0 Å². The fourth-order valence-corrected chi connectivity index (χ4v) is 6.86. The maximum Gasteiger partial charge on any atom is 0.489 e. The highest BCUT2D eigenvalue weighted by Crippen LogP contribution is 2.40. The minimum absolute atomic E-state index is 0.223. The van der Waals surface area contributed by atoms with E-state index in [-0.39, 0.29) is 29.5 Å². The lowest BCUT2D eigenvalue weighted by atomic mass is 9.76. The van der Waals surface area contributed by atoms with Crippen LogP contribution in [0.15, 0.2) is 11.2 Å². The molecule has 0 unspecified atom stereocenters. The summed E-state index contributed by atoms with van der Waals surface area (Å²) in [4.78, 5) is 0. The normalized spacial score (nSPS) is 20.3. The van der Waals surface area contributed by atoms with Crippen LogP contribution in [0, 0.1) is 0 Å². The third kappa shape index (κ3) is 7.89. The van der Waals surface area contributed by atoms with E-state index in [0.717, 1.165) is 25.9 Å². The van der Waals surface area contributed by atoms with Crippen LogP contribution in [0.3, 0.4) is 0 Å². The predicted octanol–water partition coefficient (Wildman–Crippen LogP) is 6.91. The van der Waals surface area contributed by atoms with E-state index in [4.69, 9.17) is 18.2 Å². The molecule has 0 aromatic carbocycles. The fraction of sp³-hybridized carbons (Fsp3) is 0.913.